The number of hydrogen-bond acceptors (Lipinski definition) is 4. The predicted molar refractivity (Wildman–Crippen MR) is 91.7 cm³/mol. The molecule has 132 valence electrons. The lowest BCUT2D eigenvalue weighted by molar-refractivity contribution is -0.136. The Morgan fingerprint density at radius 1 is 1.24 bits per heavy atom. The van der Waals surface area contributed by atoms with Gasteiger partial charge in [-0.3, -0.25) is 4.79 Å². The fraction of sp³-hybridized carbons (Fsp3) is 0.500. The number of nitrogens with one attached hydrogen (secondary N) is 1. The standard InChI is InChI=1S/C18H22FN5O/c1-12-11-23(8-9-24(12)17-5-3-2-4-14(17)19)18(25)13-6-7-15-16(10-13)21-22-20-15/h2-5,12-13H,6-11H2,1H3,(H,20,21,22)/t12-,13-/m0/s1. The first-order valence-corrected chi connectivity index (χ1v) is 8.82. The van der Waals surface area contributed by atoms with E-state index >= 15 is 0 Å². The van der Waals surface area contributed by atoms with Crippen molar-refractivity contribution in [3.8, 4) is 0 Å². The fourth-order valence-electron chi connectivity index (χ4n) is 3.95. The summed E-state index contributed by atoms with van der Waals surface area (Å²) in [5, 5.41) is 10.9. The zero-order valence-electron chi connectivity index (χ0n) is 14.3. The lowest BCUT2D eigenvalue weighted by Gasteiger charge is -2.42. The first-order chi connectivity index (χ1) is 12.1. The molecule has 0 saturated carbocycles. The van der Waals surface area contributed by atoms with Crippen LogP contribution in [0, 0.1) is 11.7 Å². The number of aromatic amines is 1. The van der Waals surface area contributed by atoms with Crippen LogP contribution < -0.4 is 4.90 Å². The zero-order chi connectivity index (χ0) is 17.4. The van der Waals surface area contributed by atoms with Crippen LogP contribution >= 0.6 is 0 Å². The highest BCUT2D eigenvalue weighted by molar-refractivity contribution is 5.80. The molecule has 4 rings (SSSR count). The summed E-state index contributed by atoms with van der Waals surface area (Å²) in [6.07, 6.45) is 2.28. The number of halogens is 1. The summed E-state index contributed by atoms with van der Waals surface area (Å²) in [7, 11) is 0. The number of rotatable bonds is 2. The van der Waals surface area contributed by atoms with E-state index in [1.54, 1.807) is 12.1 Å². The van der Waals surface area contributed by atoms with Gasteiger partial charge >= 0.3 is 0 Å². The van der Waals surface area contributed by atoms with Crippen molar-refractivity contribution in [1.82, 2.24) is 20.3 Å². The molecule has 1 amide bonds. The fourth-order valence-corrected chi connectivity index (χ4v) is 3.95. The molecule has 1 aliphatic heterocycles. The van der Waals surface area contributed by atoms with E-state index in [2.05, 4.69) is 20.3 Å². The Kier molecular flexibility index (Phi) is 4.15. The van der Waals surface area contributed by atoms with Crippen molar-refractivity contribution >= 4 is 11.6 Å². The Morgan fingerprint density at radius 3 is 2.84 bits per heavy atom. The van der Waals surface area contributed by atoms with Gasteiger partial charge in [0.2, 0.25) is 5.91 Å². The molecule has 0 bridgehead atoms. The Hall–Kier alpha value is -2.44. The van der Waals surface area contributed by atoms with Gasteiger partial charge in [-0.25, -0.2) is 4.39 Å². The quantitative estimate of drug-likeness (QED) is 0.903. The van der Waals surface area contributed by atoms with Crippen LogP contribution in [0.2, 0.25) is 0 Å². The van der Waals surface area contributed by atoms with E-state index < -0.39 is 0 Å². The molecule has 1 fully saturated rings. The van der Waals surface area contributed by atoms with Crippen LogP contribution in [0.25, 0.3) is 0 Å². The molecule has 1 saturated heterocycles. The van der Waals surface area contributed by atoms with Gasteiger partial charge < -0.3 is 9.80 Å². The number of anilines is 1. The molecule has 1 aliphatic carbocycles. The van der Waals surface area contributed by atoms with Crippen molar-refractivity contribution in [3.63, 3.8) is 0 Å². The van der Waals surface area contributed by atoms with E-state index in [1.807, 2.05) is 17.9 Å². The second kappa shape index (κ2) is 6.46. The molecule has 1 N–H and O–H groups in total. The van der Waals surface area contributed by atoms with E-state index in [4.69, 9.17) is 0 Å². The van der Waals surface area contributed by atoms with Gasteiger partial charge in [-0.15, -0.1) is 0 Å². The molecular formula is C18H22FN5O. The van der Waals surface area contributed by atoms with Crippen LogP contribution in [-0.4, -0.2) is 51.9 Å². The number of carbonyl (C=O) groups excluding carboxylic acids is 1. The van der Waals surface area contributed by atoms with E-state index in [0.717, 1.165) is 24.2 Å². The average Bonchev–Trinajstić information content (AvgIpc) is 3.09. The topological polar surface area (TPSA) is 65.1 Å². The highest BCUT2D eigenvalue weighted by Gasteiger charge is 2.34. The number of carbonyl (C=O) groups is 1. The zero-order valence-corrected chi connectivity index (χ0v) is 14.3. The normalized spacial score (nSPS) is 23.4. The molecule has 1 aromatic heterocycles. The molecule has 2 aliphatic rings. The van der Waals surface area contributed by atoms with Crippen molar-refractivity contribution < 1.29 is 9.18 Å². The third kappa shape index (κ3) is 2.99. The number of amides is 1. The molecular weight excluding hydrogens is 321 g/mol. The molecule has 2 atom stereocenters. The lowest BCUT2D eigenvalue weighted by Crippen LogP contribution is -2.55. The van der Waals surface area contributed by atoms with Gasteiger partial charge in [0, 0.05) is 38.0 Å². The van der Waals surface area contributed by atoms with Crippen LogP contribution in [0.1, 0.15) is 24.7 Å². The molecule has 25 heavy (non-hydrogen) atoms. The van der Waals surface area contributed by atoms with Gasteiger partial charge in [0.1, 0.15) is 5.82 Å². The summed E-state index contributed by atoms with van der Waals surface area (Å²) in [6, 6.07) is 6.92. The lowest BCUT2D eigenvalue weighted by atomic mass is 9.88. The van der Waals surface area contributed by atoms with Crippen molar-refractivity contribution in [2.45, 2.75) is 32.2 Å². The Morgan fingerprint density at radius 2 is 2.04 bits per heavy atom. The van der Waals surface area contributed by atoms with Gasteiger partial charge in [-0.1, -0.05) is 12.1 Å². The Balaban J connectivity index is 1.42. The third-order valence-electron chi connectivity index (χ3n) is 5.32. The van der Waals surface area contributed by atoms with E-state index in [9.17, 15) is 9.18 Å². The largest absolute Gasteiger partial charge is 0.363 e. The van der Waals surface area contributed by atoms with E-state index in [1.165, 1.54) is 6.07 Å². The number of para-hydroxylation sites is 1. The first-order valence-electron chi connectivity index (χ1n) is 8.82. The van der Waals surface area contributed by atoms with Crippen molar-refractivity contribution in [1.29, 1.82) is 0 Å². The summed E-state index contributed by atoms with van der Waals surface area (Å²) in [5.41, 5.74) is 2.52. The predicted octanol–water partition coefficient (Wildman–Crippen LogP) is 1.79. The van der Waals surface area contributed by atoms with Crippen LogP contribution in [0.4, 0.5) is 10.1 Å². The summed E-state index contributed by atoms with van der Waals surface area (Å²) in [5.74, 6) is -0.0431. The Labute approximate surface area is 146 Å². The highest BCUT2D eigenvalue weighted by atomic mass is 19.1. The van der Waals surface area contributed by atoms with Crippen LogP contribution in [0.15, 0.2) is 24.3 Å². The SMILES string of the molecule is C[C@H]1CN(C(=O)[C@H]2CCc3n[nH]nc3C2)CCN1c1ccccc1F. The van der Waals surface area contributed by atoms with Crippen molar-refractivity contribution in [3.05, 3.63) is 41.5 Å². The average molecular weight is 343 g/mol. The minimum atomic E-state index is -0.208. The molecule has 7 heteroatoms. The Bertz CT molecular complexity index is 776. The first kappa shape index (κ1) is 16.1. The summed E-state index contributed by atoms with van der Waals surface area (Å²) in [4.78, 5) is 16.9. The second-order valence-electron chi connectivity index (χ2n) is 6.93. The number of piperazine rings is 1. The number of benzene rings is 1. The van der Waals surface area contributed by atoms with Crippen molar-refractivity contribution in [2.75, 3.05) is 24.5 Å². The molecule has 2 heterocycles. The molecule has 2 aromatic rings. The maximum Gasteiger partial charge on any atom is 0.226 e. The monoisotopic (exact) mass is 343 g/mol. The van der Waals surface area contributed by atoms with Gasteiger partial charge in [-0.2, -0.15) is 15.4 Å². The van der Waals surface area contributed by atoms with E-state index in [0.29, 0.717) is 31.7 Å². The van der Waals surface area contributed by atoms with Crippen LogP contribution in [-0.2, 0) is 17.6 Å². The molecule has 0 unspecified atom stereocenters. The molecule has 0 spiro atoms. The molecule has 6 nitrogen and oxygen atoms in total. The van der Waals surface area contributed by atoms with Gasteiger partial charge in [0.15, 0.2) is 0 Å². The van der Waals surface area contributed by atoms with Crippen LogP contribution in [0.5, 0.6) is 0 Å². The number of fused-ring (bicyclic) bond motifs is 1. The van der Waals surface area contributed by atoms with E-state index in [-0.39, 0.29) is 23.7 Å². The summed E-state index contributed by atoms with van der Waals surface area (Å²) in [6.45, 7) is 3.94. The molecule has 1 aromatic carbocycles. The minimum Gasteiger partial charge on any atom is -0.363 e. The van der Waals surface area contributed by atoms with Gasteiger partial charge in [-0.05, 0) is 31.9 Å². The second-order valence-corrected chi connectivity index (χ2v) is 6.93. The number of aromatic nitrogens is 3. The smallest absolute Gasteiger partial charge is 0.226 e. The minimum absolute atomic E-state index is 0.0233. The maximum atomic E-state index is 14.1. The van der Waals surface area contributed by atoms with Crippen molar-refractivity contribution in [2.24, 2.45) is 5.92 Å². The maximum absolute atomic E-state index is 14.1. The summed E-state index contributed by atoms with van der Waals surface area (Å²) >= 11 is 0. The third-order valence-corrected chi connectivity index (χ3v) is 5.32. The van der Waals surface area contributed by atoms with Crippen LogP contribution in [0.3, 0.4) is 0 Å². The molecule has 0 radical (unpaired) electrons. The number of H-pyrrole nitrogens is 1. The number of nitrogens with zero attached hydrogens (tertiary/aromatic N) is 4. The number of hydrogen-bond donors (Lipinski definition) is 1. The van der Waals surface area contributed by atoms with Gasteiger partial charge in [0.05, 0.1) is 17.1 Å². The highest BCUT2D eigenvalue weighted by Crippen LogP contribution is 2.27. The van der Waals surface area contributed by atoms with Gasteiger partial charge in [0.25, 0.3) is 0 Å². The summed E-state index contributed by atoms with van der Waals surface area (Å²) < 4.78 is 14.1. The number of aryl methyl sites for hydroxylation is 1.